The van der Waals surface area contributed by atoms with Gasteiger partial charge in [-0.2, -0.15) is 0 Å². The van der Waals surface area contributed by atoms with Gasteiger partial charge in [0.15, 0.2) is 12.6 Å². The zero-order chi connectivity index (χ0) is 25.9. The first kappa shape index (κ1) is 25.2. The summed E-state index contributed by atoms with van der Waals surface area (Å²) in [4.78, 5) is 47.7. The molecule has 4 rings (SSSR count). The van der Waals surface area contributed by atoms with Crippen LogP contribution in [0, 0.1) is 22.7 Å². The van der Waals surface area contributed by atoms with Gasteiger partial charge in [-0.05, 0) is 37.2 Å². The summed E-state index contributed by atoms with van der Waals surface area (Å²) in [6, 6.07) is 1.31. The van der Waals surface area contributed by atoms with Crippen LogP contribution in [0.15, 0.2) is 6.07 Å². The van der Waals surface area contributed by atoms with E-state index in [1.807, 2.05) is 13.8 Å². The van der Waals surface area contributed by atoms with Crippen LogP contribution < -0.4 is 4.74 Å². The Bertz CT molecular complexity index is 1090. The topological polar surface area (TPSA) is 116 Å². The molecular formula is C27H34O8. The van der Waals surface area contributed by atoms with Gasteiger partial charge in [-0.15, -0.1) is 0 Å². The molecule has 0 saturated heterocycles. The average molecular weight is 487 g/mol. The number of esters is 2. The number of phenolic OH excluding ortho intramolecular Hbond substituents is 1. The number of fused-ring (bicyclic) bond motifs is 3. The third-order valence-electron chi connectivity index (χ3n) is 9.02. The minimum Gasteiger partial charge on any atom is -0.508 e. The molecule has 1 aromatic carbocycles. The molecule has 0 aromatic heterocycles. The number of hydrogen-bond donors (Lipinski definition) is 1. The summed E-state index contributed by atoms with van der Waals surface area (Å²) in [6.45, 7) is 11.0. The van der Waals surface area contributed by atoms with E-state index in [2.05, 4.69) is 13.8 Å². The van der Waals surface area contributed by atoms with Crippen molar-refractivity contribution in [1.29, 1.82) is 0 Å². The van der Waals surface area contributed by atoms with E-state index in [0.717, 1.165) is 12.8 Å². The maximum Gasteiger partial charge on any atom is 0.303 e. The molecule has 0 unspecified atom stereocenters. The highest BCUT2D eigenvalue weighted by Crippen LogP contribution is 2.67. The number of aldehydes is 2. The first-order valence-electron chi connectivity index (χ1n) is 12.1. The fraction of sp³-hybridized carbons (Fsp3) is 0.630. The first-order valence-corrected chi connectivity index (χ1v) is 12.1. The molecule has 1 heterocycles. The van der Waals surface area contributed by atoms with Gasteiger partial charge in [-0.25, -0.2) is 0 Å². The highest BCUT2D eigenvalue weighted by atomic mass is 16.6. The van der Waals surface area contributed by atoms with E-state index < -0.39 is 40.6 Å². The number of benzene rings is 1. The maximum atomic E-state index is 12.1. The Hall–Kier alpha value is -2.90. The molecule has 6 atom stereocenters. The van der Waals surface area contributed by atoms with Gasteiger partial charge in [0.05, 0.1) is 5.56 Å². The van der Waals surface area contributed by atoms with Crippen molar-refractivity contribution in [3.63, 3.8) is 0 Å². The van der Waals surface area contributed by atoms with Crippen molar-refractivity contribution >= 4 is 24.5 Å². The molecule has 1 aromatic rings. The Morgan fingerprint density at radius 2 is 1.74 bits per heavy atom. The predicted molar refractivity (Wildman–Crippen MR) is 125 cm³/mol. The van der Waals surface area contributed by atoms with E-state index in [0.29, 0.717) is 31.0 Å². The summed E-state index contributed by atoms with van der Waals surface area (Å²) < 4.78 is 18.2. The highest BCUT2D eigenvalue weighted by molar-refractivity contribution is 5.95. The van der Waals surface area contributed by atoms with Gasteiger partial charge < -0.3 is 19.3 Å². The second kappa shape index (κ2) is 8.35. The minimum atomic E-state index is -0.828. The van der Waals surface area contributed by atoms with Crippen molar-refractivity contribution in [2.24, 2.45) is 22.7 Å². The van der Waals surface area contributed by atoms with Gasteiger partial charge in [0.1, 0.15) is 29.3 Å². The molecule has 2 aliphatic carbocycles. The van der Waals surface area contributed by atoms with Crippen LogP contribution in [0.4, 0.5) is 0 Å². The molecule has 1 N–H and O–H groups in total. The molecule has 0 bridgehead atoms. The summed E-state index contributed by atoms with van der Waals surface area (Å²) in [7, 11) is 0. The lowest BCUT2D eigenvalue weighted by Crippen LogP contribution is -2.70. The molecule has 35 heavy (non-hydrogen) atoms. The van der Waals surface area contributed by atoms with E-state index in [4.69, 9.17) is 14.2 Å². The fourth-order valence-corrected chi connectivity index (χ4v) is 7.56. The molecule has 2 saturated carbocycles. The second-order valence-corrected chi connectivity index (χ2v) is 11.3. The van der Waals surface area contributed by atoms with Gasteiger partial charge in [0.2, 0.25) is 0 Å². The van der Waals surface area contributed by atoms with Crippen molar-refractivity contribution in [2.75, 3.05) is 0 Å². The monoisotopic (exact) mass is 486 g/mol. The van der Waals surface area contributed by atoms with Crippen LogP contribution in [0.2, 0.25) is 0 Å². The molecule has 0 amide bonds. The third-order valence-corrected chi connectivity index (χ3v) is 9.02. The second-order valence-electron chi connectivity index (χ2n) is 11.3. The SMILES string of the molecule is CC(=O)O[C@@H]1[C@H](OC(C)=O)C[C@@]2(C)[C@@H](CC[C@@H](C)[C@]23Cc2c(O)cc(C=O)c(C=O)c2O3)C1(C)C. The van der Waals surface area contributed by atoms with Crippen molar-refractivity contribution in [3.05, 3.63) is 22.8 Å². The van der Waals surface area contributed by atoms with Crippen LogP contribution in [0.25, 0.3) is 0 Å². The van der Waals surface area contributed by atoms with Crippen molar-refractivity contribution < 1.29 is 38.5 Å². The summed E-state index contributed by atoms with van der Waals surface area (Å²) in [5.74, 6) is -0.672. The van der Waals surface area contributed by atoms with Crippen LogP contribution in [-0.4, -0.2) is 47.4 Å². The molecular weight excluding hydrogens is 452 g/mol. The fourth-order valence-electron chi connectivity index (χ4n) is 7.56. The molecule has 1 aliphatic heterocycles. The summed E-state index contributed by atoms with van der Waals surface area (Å²) >= 11 is 0. The molecule has 1 spiro atoms. The highest BCUT2D eigenvalue weighted by Gasteiger charge is 2.70. The Morgan fingerprint density at radius 1 is 1.09 bits per heavy atom. The minimum absolute atomic E-state index is 0.0176. The molecule has 3 aliphatic rings. The predicted octanol–water partition coefficient (Wildman–Crippen LogP) is 4.04. The Balaban J connectivity index is 1.88. The number of phenols is 1. The van der Waals surface area contributed by atoms with Crippen LogP contribution in [0.1, 0.15) is 87.1 Å². The van der Waals surface area contributed by atoms with E-state index in [-0.39, 0.29) is 34.5 Å². The Labute approximate surface area is 205 Å². The third kappa shape index (κ3) is 3.55. The lowest BCUT2D eigenvalue weighted by atomic mass is 9.43. The van der Waals surface area contributed by atoms with Crippen LogP contribution in [0.5, 0.6) is 11.5 Å². The molecule has 2 fully saturated rings. The largest absolute Gasteiger partial charge is 0.508 e. The van der Waals surface area contributed by atoms with Crippen molar-refractivity contribution in [2.45, 2.75) is 85.0 Å². The summed E-state index contributed by atoms with van der Waals surface area (Å²) in [5, 5.41) is 10.8. The number of hydrogen-bond acceptors (Lipinski definition) is 8. The summed E-state index contributed by atoms with van der Waals surface area (Å²) in [6.07, 6.45) is 2.22. The zero-order valence-electron chi connectivity index (χ0n) is 21.2. The maximum absolute atomic E-state index is 12.1. The molecule has 8 heteroatoms. The van der Waals surface area contributed by atoms with Gasteiger partial charge in [-0.3, -0.25) is 19.2 Å². The molecule has 8 nitrogen and oxygen atoms in total. The Morgan fingerprint density at radius 3 is 2.31 bits per heavy atom. The lowest BCUT2D eigenvalue weighted by Gasteiger charge is -2.65. The smallest absolute Gasteiger partial charge is 0.303 e. The van der Waals surface area contributed by atoms with Gasteiger partial charge in [0, 0.05) is 42.2 Å². The van der Waals surface area contributed by atoms with Gasteiger partial charge in [-0.1, -0.05) is 27.7 Å². The number of carbonyl (C=O) groups excluding carboxylic acids is 4. The van der Waals surface area contributed by atoms with Crippen molar-refractivity contribution in [3.8, 4) is 11.5 Å². The summed E-state index contributed by atoms with van der Waals surface area (Å²) in [5.41, 5.74) is -1.24. The molecule has 0 radical (unpaired) electrons. The number of aromatic hydroxyl groups is 1. The van der Waals surface area contributed by atoms with E-state index in [1.165, 1.54) is 19.9 Å². The Kier molecular flexibility index (Phi) is 6.01. The van der Waals surface area contributed by atoms with Gasteiger partial charge >= 0.3 is 11.9 Å². The number of rotatable bonds is 4. The van der Waals surface area contributed by atoms with Crippen LogP contribution in [0.3, 0.4) is 0 Å². The normalized spacial score (nSPS) is 34.8. The average Bonchev–Trinajstić information content (AvgIpc) is 3.17. The zero-order valence-corrected chi connectivity index (χ0v) is 21.2. The van der Waals surface area contributed by atoms with Crippen LogP contribution in [-0.2, 0) is 25.5 Å². The first-order chi connectivity index (χ1) is 16.3. The number of ether oxygens (including phenoxy) is 3. The van der Waals surface area contributed by atoms with E-state index in [1.54, 1.807) is 0 Å². The number of carbonyl (C=O) groups is 4. The van der Waals surface area contributed by atoms with E-state index >= 15 is 0 Å². The van der Waals surface area contributed by atoms with Gasteiger partial charge in [0.25, 0.3) is 0 Å². The quantitative estimate of drug-likeness (QED) is 0.501. The van der Waals surface area contributed by atoms with Crippen LogP contribution >= 0.6 is 0 Å². The standard InChI is InChI=1S/C27H34O8/c1-14-7-8-22-25(4,5)24(34-16(3)31)21(33-15(2)30)11-26(22,6)27(14)10-18-20(32)9-17(12-28)19(13-29)23(18)35-27/h9,12-14,21-22,24,32H,7-8,10-11H2,1-6H3/t14-,21-,22+,24-,26+,27-/m1/s1. The van der Waals surface area contributed by atoms with Crippen molar-refractivity contribution in [1.82, 2.24) is 0 Å². The molecule has 190 valence electrons. The van der Waals surface area contributed by atoms with E-state index in [9.17, 15) is 24.3 Å². The lowest BCUT2D eigenvalue weighted by molar-refractivity contribution is -0.251.